The van der Waals surface area contributed by atoms with Gasteiger partial charge < -0.3 is 20.1 Å². The van der Waals surface area contributed by atoms with Gasteiger partial charge in [0, 0.05) is 18.8 Å². The number of hydrogen-bond acceptors (Lipinski definition) is 8. The summed E-state index contributed by atoms with van der Waals surface area (Å²) in [6.45, 7) is 8.35. The first-order valence-electron chi connectivity index (χ1n) is 10.0. The molecule has 0 bridgehead atoms. The normalized spacial score (nSPS) is 19.3. The molecule has 29 heavy (non-hydrogen) atoms. The molecular formula is C20H32N4O4S. The number of rotatable bonds is 7. The fraction of sp³-hybridized carbons (Fsp3) is 0.700. The summed E-state index contributed by atoms with van der Waals surface area (Å²) in [6.07, 6.45) is 6.80. The van der Waals surface area contributed by atoms with Gasteiger partial charge in [0.05, 0.1) is 6.61 Å². The number of thioether (sulfide) groups is 1. The highest BCUT2D eigenvalue weighted by atomic mass is 32.2. The third-order valence-electron chi connectivity index (χ3n) is 4.57. The molecule has 9 heteroatoms. The lowest BCUT2D eigenvalue weighted by atomic mass is 9.86. The van der Waals surface area contributed by atoms with E-state index >= 15 is 0 Å². The van der Waals surface area contributed by atoms with Crippen LogP contribution in [0, 0.1) is 5.92 Å². The topological polar surface area (TPSA) is 102 Å². The van der Waals surface area contributed by atoms with Crippen LogP contribution in [-0.2, 0) is 9.47 Å². The first-order valence-corrected chi connectivity index (χ1v) is 11.3. The van der Waals surface area contributed by atoms with Crippen LogP contribution in [-0.4, -0.2) is 53.1 Å². The minimum absolute atomic E-state index is 0.137. The summed E-state index contributed by atoms with van der Waals surface area (Å²) in [5.41, 5.74) is -0.139. The molecule has 1 aliphatic rings. The maximum absolute atomic E-state index is 12.2. The molecule has 1 aliphatic carbocycles. The van der Waals surface area contributed by atoms with E-state index in [-0.39, 0.29) is 12.1 Å². The summed E-state index contributed by atoms with van der Waals surface area (Å²) in [5, 5.41) is 6.87. The molecule has 1 saturated carbocycles. The highest BCUT2D eigenvalue weighted by Gasteiger charge is 2.25. The van der Waals surface area contributed by atoms with E-state index in [0.29, 0.717) is 35.6 Å². The third-order valence-corrected chi connectivity index (χ3v) is 5.13. The van der Waals surface area contributed by atoms with Crippen molar-refractivity contribution in [2.24, 2.45) is 5.92 Å². The van der Waals surface area contributed by atoms with Gasteiger partial charge in [0.25, 0.3) is 0 Å². The molecule has 0 aromatic carbocycles. The minimum Gasteiger partial charge on any atom is -0.462 e. The number of carbonyl (C=O) groups excluding carboxylic acids is 2. The molecular weight excluding hydrogens is 392 g/mol. The van der Waals surface area contributed by atoms with Crippen molar-refractivity contribution >= 4 is 29.6 Å². The molecule has 2 rings (SSSR count). The van der Waals surface area contributed by atoms with Gasteiger partial charge in [0.15, 0.2) is 5.16 Å². The van der Waals surface area contributed by atoms with Gasteiger partial charge in [-0.25, -0.2) is 19.6 Å². The van der Waals surface area contributed by atoms with Gasteiger partial charge in [-0.2, -0.15) is 0 Å². The smallest absolute Gasteiger partial charge is 0.407 e. The Morgan fingerprint density at radius 3 is 2.52 bits per heavy atom. The van der Waals surface area contributed by atoms with Crippen LogP contribution >= 0.6 is 11.8 Å². The highest BCUT2D eigenvalue weighted by molar-refractivity contribution is 7.98. The lowest BCUT2D eigenvalue weighted by Gasteiger charge is -2.30. The molecule has 0 spiro atoms. The predicted molar refractivity (Wildman–Crippen MR) is 113 cm³/mol. The van der Waals surface area contributed by atoms with Gasteiger partial charge in [-0.05, 0) is 65.6 Å². The Balaban J connectivity index is 1.87. The zero-order valence-corrected chi connectivity index (χ0v) is 18.7. The summed E-state index contributed by atoms with van der Waals surface area (Å²) >= 11 is 1.42. The van der Waals surface area contributed by atoms with E-state index in [0.717, 1.165) is 25.7 Å². The Morgan fingerprint density at radius 1 is 1.24 bits per heavy atom. The average molecular weight is 425 g/mol. The van der Waals surface area contributed by atoms with Crippen LogP contribution in [0.2, 0.25) is 0 Å². The van der Waals surface area contributed by atoms with Gasteiger partial charge >= 0.3 is 12.1 Å². The van der Waals surface area contributed by atoms with Crippen LogP contribution in [0.4, 0.5) is 10.6 Å². The van der Waals surface area contributed by atoms with Crippen LogP contribution in [0.1, 0.15) is 63.7 Å². The Morgan fingerprint density at radius 2 is 1.93 bits per heavy atom. The van der Waals surface area contributed by atoms with Crippen molar-refractivity contribution < 1.29 is 19.1 Å². The van der Waals surface area contributed by atoms with Crippen LogP contribution < -0.4 is 10.6 Å². The van der Waals surface area contributed by atoms with Crippen LogP contribution in [0.3, 0.4) is 0 Å². The largest absolute Gasteiger partial charge is 0.462 e. The van der Waals surface area contributed by atoms with Gasteiger partial charge in [-0.1, -0.05) is 11.8 Å². The van der Waals surface area contributed by atoms with Crippen molar-refractivity contribution in [2.75, 3.05) is 24.7 Å². The van der Waals surface area contributed by atoms with Crippen molar-refractivity contribution in [3.63, 3.8) is 0 Å². The number of nitrogens with zero attached hydrogens (tertiary/aromatic N) is 2. The van der Waals surface area contributed by atoms with E-state index in [2.05, 4.69) is 20.6 Å². The highest BCUT2D eigenvalue weighted by Crippen LogP contribution is 2.26. The Hall–Kier alpha value is -2.03. The van der Waals surface area contributed by atoms with E-state index in [9.17, 15) is 9.59 Å². The molecule has 1 amide bonds. The molecule has 2 N–H and O–H groups in total. The van der Waals surface area contributed by atoms with Gasteiger partial charge in [-0.15, -0.1) is 0 Å². The van der Waals surface area contributed by atoms with Crippen molar-refractivity contribution in [2.45, 2.75) is 70.2 Å². The first kappa shape index (κ1) is 23.3. The second-order valence-corrected chi connectivity index (χ2v) is 8.86. The van der Waals surface area contributed by atoms with Crippen molar-refractivity contribution in [3.05, 3.63) is 11.8 Å². The van der Waals surface area contributed by atoms with Crippen molar-refractivity contribution in [1.82, 2.24) is 15.3 Å². The predicted octanol–water partition coefficient (Wildman–Crippen LogP) is 3.87. The zero-order chi connectivity index (χ0) is 21.4. The summed E-state index contributed by atoms with van der Waals surface area (Å²) in [6, 6.07) is 0.137. The van der Waals surface area contributed by atoms with E-state index in [1.54, 1.807) is 6.92 Å². The quantitative estimate of drug-likeness (QED) is 0.386. The monoisotopic (exact) mass is 424 g/mol. The van der Waals surface area contributed by atoms with Crippen LogP contribution in [0.5, 0.6) is 0 Å². The van der Waals surface area contributed by atoms with Crippen molar-refractivity contribution in [3.8, 4) is 0 Å². The molecule has 0 saturated heterocycles. The number of ether oxygens (including phenoxy) is 2. The summed E-state index contributed by atoms with van der Waals surface area (Å²) in [5.74, 6) is 0.527. The molecule has 1 aromatic rings. The maximum Gasteiger partial charge on any atom is 0.407 e. The lowest BCUT2D eigenvalue weighted by molar-refractivity contribution is 0.0486. The van der Waals surface area contributed by atoms with E-state index in [4.69, 9.17) is 9.47 Å². The molecule has 8 nitrogen and oxygen atoms in total. The van der Waals surface area contributed by atoms with Gasteiger partial charge in [0.1, 0.15) is 17.0 Å². The number of alkyl carbamates (subject to hydrolysis) is 1. The molecule has 1 heterocycles. The first-order chi connectivity index (χ1) is 13.7. The number of amides is 1. The number of aromatic nitrogens is 2. The number of nitrogens with one attached hydrogen (secondary N) is 2. The van der Waals surface area contributed by atoms with E-state index in [1.807, 2.05) is 27.0 Å². The second-order valence-electron chi connectivity index (χ2n) is 8.08. The van der Waals surface area contributed by atoms with Crippen molar-refractivity contribution in [1.29, 1.82) is 0 Å². The fourth-order valence-corrected chi connectivity index (χ4v) is 3.52. The average Bonchev–Trinajstić information content (AvgIpc) is 2.66. The molecule has 0 unspecified atom stereocenters. The van der Waals surface area contributed by atoms with Gasteiger partial charge in [0.2, 0.25) is 0 Å². The standard InChI is InChI=1S/C20H32N4O4S/c1-6-27-17(25)15-12-22-18(29-5)24-16(15)21-11-13-7-9-14(10-8-13)23-19(26)28-20(2,3)4/h12-14H,6-11H2,1-5H3,(H,23,26)(H,21,22,24). The SMILES string of the molecule is CCOC(=O)c1cnc(SC)nc1NCC1CCC(NC(=O)OC(C)(C)C)CC1. The molecule has 1 fully saturated rings. The van der Waals surface area contributed by atoms with Gasteiger partial charge in [-0.3, -0.25) is 0 Å². The number of carbonyl (C=O) groups is 2. The third kappa shape index (κ3) is 7.72. The zero-order valence-electron chi connectivity index (χ0n) is 17.9. The molecule has 0 radical (unpaired) electrons. The van der Waals surface area contributed by atoms with Crippen LogP contribution in [0.25, 0.3) is 0 Å². The number of esters is 1. The molecule has 0 aliphatic heterocycles. The molecule has 162 valence electrons. The summed E-state index contributed by atoms with van der Waals surface area (Å²) in [4.78, 5) is 32.7. The fourth-order valence-electron chi connectivity index (χ4n) is 3.18. The summed E-state index contributed by atoms with van der Waals surface area (Å²) in [7, 11) is 0. The maximum atomic E-state index is 12.2. The molecule has 1 aromatic heterocycles. The Kier molecular flexibility index (Phi) is 8.55. The van der Waals surface area contributed by atoms with Crippen LogP contribution in [0.15, 0.2) is 11.4 Å². The number of hydrogen-bond donors (Lipinski definition) is 2. The number of anilines is 1. The summed E-state index contributed by atoms with van der Waals surface area (Å²) < 4.78 is 10.4. The second kappa shape index (κ2) is 10.7. The van der Waals surface area contributed by atoms with E-state index in [1.165, 1.54) is 18.0 Å². The minimum atomic E-state index is -0.491. The van der Waals surface area contributed by atoms with E-state index < -0.39 is 11.6 Å². The lowest BCUT2D eigenvalue weighted by Crippen LogP contribution is -2.41. The Labute approximate surface area is 176 Å². The Bertz CT molecular complexity index is 700. The molecule has 0 atom stereocenters.